The maximum Gasteiger partial charge on any atom is 0.418 e. The van der Waals surface area contributed by atoms with E-state index in [1.54, 1.807) is 4.90 Å². The van der Waals surface area contributed by atoms with E-state index in [-0.39, 0.29) is 23.8 Å². The Hall–Kier alpha value is -1.27. The van der Waals surface area contributed by atoms with Crippen molar-refractivity contribution >= 4 is 5.69 Å². The molecule has 1 aromatic rings. The van der Waals surface area contributed by atoms with Gasteiger partial charge in [0.2, 0.25) is 0 Å². The summed E-state index contributed by atoms with van der Waals surface area (Å²) < 4.78 is 39.4. The molecule has 0 aromatic heterocycles. The first-order valence-electron chi connectivity index (χ1n) is 6.62. The van der Waals surface area contributed by atoms with Crippen LogP contribution in [0.15, 0.2) is 18.2 Å². The number of piperidine rings is 1. The standard InChI is InChI=1S/C14H18F3NO2/c15-14(16,17)12-6-10(8-19)3-4-13(12)18-5-1-2-11(7-18)9-20/h3-4,6,11,19-20H,1-2,5,7-9H2. The van der Waals surface area contributed by atoms with Crippen molar-refractivity contribution in [2.45, 2.75) is 25.6 Å². The number of aliphatic hydroxyl groups is 2. The van der Waals surface area contributed by atoms with E-state index in [1.165, 1.54) is 12.1 Å². The summed E-state index contributed by atoms with van der Waals surface area (Å²) in [6.07, 6.45) is -2.85. The van der Waals surface area contributed by atoms with Crippen molar-refractivity contribution in [3.8, 4) is 0 Å². The fourth-order valence-electron chi connectivity index (χ4n) is 2.62. The van der Waals surface area contributed by atoms with E-state index in [0.29, 0.717) is 13.1 Å². The fraction of sp³-hybridized carbons (Fsp3) is 0.571. The predicted octanol–water partition coefficient (Wildman–Crippen LogP) is 2.41. The molecule has 2 N–H and O–H groups in total. The zero-order valence-corrected chi connectivity index (χ0v) is 11.0. The number of alkyl halides is 3. The van der Waals surface area contributed by atoms with Gasteiger partial charge in [0.05, 0.1) is 12.2 Å². The largest absolute Gasteiger partial charge is 0.418 e. The molecule has 1 aliphatic heterocycles. The van der Waals surface area contributed by atoms with Gasteiger partial charge in [0.25, 0.3) is 0 Å². The summed E-state index contributed by atoms with van der Waals surface area (Å²) in [4.78, 5) is 1.67. The third kappa shape index (κ3) is 3.24. The minimum Gasteiger partial charge on any atom is -0.396 e. The lowest BCUT2D eigenvalue weighted by molar-refractivity contribution is -0.137. The lowest BCUT2D eigenvalue weighted by atomic mass is 9.97. The Morgan fingerprint density at radius 2 is 2.00 bits per heavy atom. The predicted molar refractivity (Wildman–Crippen MR) is 69.4 cm³/mol. The Bertz CT molecular complexity index is 462. The molecule has 1 aliphatic rings. The summed E-state index contributed by atoms with van der Waals surface area (Å²) in [6.45, 7) is 0.561. The van der Waals surface area contributed by atoms with Crippen LogP contribution >= 0.6 is 0 Å². The van der Waals surface area contributed by atoms with Crippen molar-refractivity contribution in [2.24, 2.45) is 5.92 Å². The van der Waals surface area contributed by atoms with Crippen molar-refractivity contribution in [3.05, 3.63) is 29.3 Å². The molecule has 20 heavy (non-hydrogen) atoms. The number of benzene rings is 1. The van der Waals surface area contributed by atoms with Gasteiger partial charge in [0.15, 0.2) is 0 Å². The lowest BCUT2D eigenvalue weighted by Crippen LogP contribution is -2.37. The van der Waals surface area contributed by atoms with E-state index in [9.17, 15) is 18.3 Å². The number of rotatable bonds is 3. The molecule has 0 bridgehead atoms. The highest BCUT2D eigenvalue weighted by Gasteiger charge is 2.36. The smallest absolute Gasteiger partial charge is 0.396 e. The van der Waals surface area contributed by atoms with E-state index in [0.717, 1.165) is 18.9 Å². The molecule has 1 saturated heterocycles. The molecule has 1 atom stereocenters. The van der Waals surface area contributed by atoms with E-state index in [2.05, 4.69) is 0 Å². The molecule has 1 heterocycles. The number of nitrogens with zero attached hydrogens (tertiary/aromatic N) is 1. The van der Waals surface area contributed by atoms with E-state index in [4.69, 9.17) is 5.11 Å². The van der Waals surface area contributed by atoms with Crippen molar-refractivity contribution in [2.75, 3.05) is 24.6 Å². The molecule has 0 radical (unpaired) electrons. The van der Waals surface area contributed by atoms with E-state index in [1.807, 2.05) is 0 Å². The molecule has 1 unspecified atom stereocenters. The highest BCUT2D eigenvalue weighted by atomic mass is 19.4. The Morgan fingerprint density at radius 1 is 1.25 bits per heavy atom. The quantitative estimate of drug-likeness (QED) is 0.898. The SMILES string of the molecule is OCc1ccc(N2CCCC(CO)C2)c(C(F)(F)F)c1. The summed E-state index contributed by atoms with van der Waals surface area (Å²) in [5, 5.41) is 18.2. The van der Waals surface area contributed by atoms with Gasteiger partial charge in [-0.2, -0.15) is 13.2 Å². The number of anilines is 1. The third-order valence-electron chi connectivity index (χ3n) is 3.67. The highest BCUT2D eigenvalue weighted by Crippen LogP contribution is 2.38. The van der Waals surface area contributed by atoms with Crippen LogP contribution in [0.5, 0.6) is 0 Å². The molecule has 0 spiro atoms. The molecule has 3 nitrogen and oxygen atoms in total. The zero-order valence-electron chi connectivity index (χ0n) is 11.0. The molecular formula is C14H18F3NO2. The molecule has 1 aromatic carbocycles. The Labute approximate surface area is 115 Å². The topological polar surface area (TPSA) is 43.7 Å². The first kappa shape index (κ1) is 15.1. The molecule has 112 valence electrons. The maximum absolute atomic E-state index is 13.1. The summed E-state index contributed by atoms with van der Waals surface area (Å²) in [5.74, 6) is 0.0161. The minimum atomic E-state index is -4.45. The van der Waals surface area contributed by atoms with Crippen LogP contribution in [-0.4, -0.2) is 29.9 Å². The molecular weight excluding hydrogens is 271 g/mol. The minimum absolute atomic E-state index is 0.00737. The monoisotopic (exact) mass is 289 g/mol. The number of hydrogen-bond donors (Lipinski definition) is 2. The number of halogens is 3. The summed E-state index contributed by atoms with van der Waals surface area (Å²) >= 11 is 0. The Kier molecular flexibility index (Phi) is 4.55. The van der Waals surface area contributed by atoms with Crippen molar-refractivity contribution in [3.63, 3.8) is 0 Å². The molecule has 6 heteroatoms. The maximum atomic E-state index is 13.1. The molecule has 0 amide bonds. The van der Waals surface area contributed by atoms with Gasteiger partial charge >= 0.3 is 6.18 Å². The molecule has 0 aliphatic carbocycles. The summed E-state index contributed by atoms with van der Waals surface area (Å²) in [7, 11) is 0. The average molecular weight is 289 g/mol. The van der Waals surface area contributed by atoms with Crippen LogP contribution in [-0.2, 0) is 12.8 Å². The van der Waals surface area contributed by atoms with Crippen molar-refractivity contribution in [1.82, 2.24) is 0 Å². The van der Waals surface area contributed by atoms with E-state index < -0.39 is 18.3 Å². The Balaban J connectivity index is 2.35. The zero-order chi connectivity index (χ0) is 14.8. The van der Waals surface area contributed by atoms with Gasteiger partial charge in [0.1, 0.15) is 0 Å². The first-order chi connectivity index (χ1) is 9.45. The van der Waals surface area contributed by atoms with Crippen LogP contribution in [0.25, 0.3) is 0 Å². The molecule has 1 fully saturated rings. The van der Waals surface area contributed by atoms with Crippen LogP contribution in [0.3, 0.4) is 0 Å². The number of hydrogen-bond acceptors (Lipinski definition) is 3. The second-order valence-corrected chi connectivity index (χ2v) is 5.14. The normalized spacial score (nSPS) is 20.2. The third-order valence-corrected chi connectivity index (χ3v) is 3.67. The number of aliphatic hydroxyl groups excluding tert-OH is 2. The summed E-state index contributed by atoms with van der Waals surface area (Å²) in [6, 6.07) is 3.92. The highest BCUT2D eigenvalue weighted by molar-refractivity contribution is 5.56. The lowest BCUT2D eigenvalue weighted by Gasteiger charge is -2.35. The van der Waals surface area contributed by atoms with Crippen LogP contribution in [0, 0.1) is 5.92 Å². The van der Waals surface area contributed by atoms with Gasteiger partial charge in [-0.15, -0.1) is 0 Å². The average Bonchev–Trinajstić information content (AvgIpc) is 2.45. The van der Waals surface area contributed by atoms with Gasteiger partial charge in [-0.25, -0.2) is 0 Å². The van der Waals surface area contributed by atoms with E-state index >= 15 is 0 Å². The fourth-order valence-corrected chi connectivity index (χ4v) is 2.62. The Morgan fingerprint density at radius 3 is 2.60 bits per heavy atom. The van der Waals surface area contributed by atoms with Crippen LogP contribution in [0.1, 0.15) is 24.0 Å². The van der Waals surface area contributed by atoms with Crippen molar-refractivity contribution in [1.29, 1.82) is 0 Å². The van der Waals surface area contributed by atoms with Gasteiger partial charge in [0, 0.05) is 25.4 Å². The van der Waals surface area contributed by atoms with Crippen LogP contribution < -0.4 is 4.90 Å². The van der Waals surface area contributed by atoms with Crippen molar-refractivity contribution < 1.29 is 23.4 Å². The summed E-state index contributed by atoms with van der Waals surface area (Å²) in [5.41, 5.74) is -0.340. The second kappa shape index (κ2) is 6.01. The van der Waals surface area contributed by atoms with Gasteiger partial charge < -0.3 is 15.1 Å². The van der Waals surface area contributed by atoms with Gasteiger partial charge in [-0.05, 0) is 36.5 Å². The van der Waals surface area contributed by atoms with Crippen LogP contribution in [0.2, 0.25) is 0 Å². The first-order valence-corrected chi connectivity index (χ1v) is 6.62. The second-order valence-electron chi connectivity index (χ2n) is 5.14. The molecule has 2 rings (SSSR count). The van der Waals surface area contributed by atoms with Gasteiger partial charge in [-0.1, -0.05) is 6.07 Å². The van der Waals surface area contributed by atoms with Crippen LogP contribution in [0.4, 0.5) is 18.9 Å². The van der Waals surface area contributed by atoms with Gasteiger partial charge in [-0.3, -0.25) is 0 Å². The molecule has 0 saturated carbocycles.